The van der Waals surface area contributed by atoms with Crippen LogP contribution in [0, 0.1) is 11.3 Å². The van der Waals surface area contributed by atoms with E-state index in [-0.39, 0.29) is 17.1 Å². The summed E-state index contributed by atoms with van der Waals surface area (Å²) in [5, 5.41) is 9.73. The lowest BCUT2D eigenvalue weighted by Crippen LogP contribution is -2.17. The van der Waals surface area contributed by atoms with E-state index in [0.717, 1.165) is 49.8 Å². The van der Waals surface area contributed by atoms with Crippen molar-refractivity contribution in [3.63, 3.8) is 0 Å². The van der Waals surface area contributed by atoms with Gasteiger partial charge in [0.2, 0.25) is 0 Å². The number of nitrogen functional groups attached to an aromatic ring is 1. The Bertz CT molecular complexity index is 902. The molecule has 1 aromatic carbocycles. The molecule has 0 saturated heterocycles. The number of fused-ring (bicyclic) bond motifs is 1. The number of anilines is 1. The maximum atomic E-state index is 12.5. The highest BCUT2D eigenvalue weighted by Gasteiger charge is 2.31. The molecule has 30 heavy (non-hydrogen) atoms. The number of alkyl halides is 3. The fraction of sp³-hybridized carbons (Fsp3) is 0.478. The standard InChI is InChI=1S/C23H26F3N3O/c24-23(25,26)30-17-13-11-16(12-14-17)21-18-9-7-5-3-1-2-4-6-8-10-20(18)29-22(28)19(21)15-27/h11-14H,1-10H2,(H2,28,29). The number of aryl methyl sites for hydroxylation is 1. The molecule has 0 aliphatic heterocycles. The van der Waals surface area contributed by atoms with Crippen LogP contribution in [0.2, 0.25) is 0 Å². The van der Waals surface area contributed by atoms with Crippen molar-refractivity contribution in [2.45, 2.75) is 70.6 Å². The Morgan fingerprint density at radius 2 is 1.47 bits per heavy atom. The van der Waals surface area contributed by atoms with Crippen LogP contribution < -0.4 is 10.5 Å². The van der Waals surface area contributed by atoms with E-state index in [1.165, 1.54) is 37.8 Å². The number of hydrogen-bond acceptors (Lipinski definition) is 4. The Hall–Kier alpha value is -2.75. The van der Waals surface area contributed by atoms with E-state index < -0.39 is 6.36 Å². The van der Waals surface area contributed by atoms with Crippen molar-refractivity contribution in [2.24, 2.45) is 0 Å². The van der Waals surface area contributed by atoms with Gasteiger partial charge in [0.1, 0.15) is 23.2 Å². The van der Waals surface area contributed by atoms with Crippen molar-refractivity contribution < 1.29 is 17.9 Å². The lowest BCUT2D eigenvalue weighted by Gasteiger charge is -2.19. The second-order valence-electron chi connectivity index (χ2n) is 7.68. The summed E-state index contributed by atoms with van der Waals surface area (Å²) in [5.41, 5.74) is 9.63. The first kappa shape index (κ1) is 21.9. The zero-order valence-electron chi connectivity index (χ0n) is 16.9. The Kier molecular flexibility index (Phi) is 7.20. The molecule has 1 aliphatic carbocycles. The highest BCUT2D eigenvalue weighted by molar-refractivity contribution is 5.79. The van der Waals surface area contributed by atoms with Crippen LogP contribution in [0.3, 0.4) is 0 Å². The molecule has 1 aromatic heterocycles. The molecular formula is C23H26F3N3O. The van der Waals surface area contributed by atoms with Crippen LogP contribution in [0.25, 0.3) is 11.1 Å². The third-order valence-electron chi connectivity index (χ3n) is 5.49. The van der Waals surface area contributed by atoms with Crippen LogP contribution in [-0.2, 0) is 12.8 Å². The topological polar surface area (TPSA) is 71.9 Å². The highest BCUT2D eigenvalue weighted by atomic mass is 19.4. The van der Waals surface area contributed by atoms with E-state index in [9.17, 15) is 18.4 Å². The molecule has 0 saturated carbocycles. The van der Waals surface area contributed by atoms with Crippen LogP contribution in [0.5, 0.6) is 5.75 Å². The summed E-state index contributed by atoms with van der Waals surface area (Å²) in [4.78, 5) is 4.55. The van der Waals surface area contributed by atoms with E-state index in [4.69, 9.17) is 5.73 Å². The fourth-order valence-electron chi connectivity index (χ4n) is 4.08. The summed E-state index contributed by atoms with van der Waals surface area (Å²) in [6, 6.07) is 7.78. The maximum Gasteiger partial charge on any atom is 0.573 e. The molecule has 0 radical (unpaired) electrons. The quantitative estimate of drug-likeness (QED) is 0.620. The van der Waals surface area contributed by atoms with Crippen molar-refractivity contribution in [1.82, 2.24) is 4.98 Å². The van der Waals surface area contributed by atoms with Gasteiger partial charge >= 0.3 is 6.36 Å². The van der Waals surface area contributed by atoms with Crippen molar-refractivity contribution in [3.8, 4) is 22.9 Å². The van der Waals surface area contributed by atoms with E-state index in [1.54, 1.807) is 12.1 Å². The molecule has 1 aliphatic rings. The number of nitrogens with zero attached hydrogens (tertiary/aromatic N) is 2. The number of hydrogen-bond donors (Lipinski definition) is 1. The van der Waals surface area contributed by atoms with Crippen LogP contribution in [0.15, 0.2) is 24.3 Å². The van der Waals surface area contributed by atoms with Gasteiger partial charge in [0, 0.05) is 11.3 Å². The van der Waals surface area contributed by atoms with E-state index in [2.05, 4.69) is 15.8 Å². The predicted octanol–water partition coefficient (Wildman–Crippen LogP) is 6.32. The highest BCUT2D eigenvalue weighted by Crippen LogP contribution is 2.35. The zero-order valence-corrected chi connectivity index (χ0v) is 16.9. The number of nitriles is 1. The molecule has 0 unspecified atom stereocenters. The van der Waals surface area contributed by atoms with Gasteiger partial charge in [0.15, 0.2) is 0 Å². The molecule has 4 nitrogen and oxygen atoms in total. The Labute approximate surface area is 174 Å². The molecule has 0 bridgehead atoms. The van der Waals surface area contributed by atoms with Crippen LogP contribution in [0.1, 0.15) is 68.2 Å². The van der Waals surface area contributed by atoms with Gasteiger partial charge in [-0.3, -0.25) is 0 Å². The van der Waals surface area contributed by atoms with Crippen molar-refractivity contribution in [1.29, 1.82) is 5.26 Å². The van der Waals surface area contributed by atoms with Gasteiger partial charge in [-0.05, 0) is 48.9 Å². The lowest BCUT2D eigenvalue weighted by molar-refractivity contribution is -0.274. The molecule has 2 N–H and O–H groups in total. The molecule has 1 heterocycles. The summed E-state index contributed by atoms with van der Waals surface area (Å²) < 4.78 is 41.4. The molecule has 0 atom stereocenters. The minimum absolute atomic E-state index is 0.175. The summed E-state index contributed by atoms with van der Waals surface area (Å²) >= 11 is 0. The first-order valence-corrected chi connectivity index (χ1v) is 10.5. The molecular weight excluding hydrogens is 391 g/mol. The monoisotopic (exact) mass is 417 g/mol. The number of benzene rings is 1. The Morgan fingerprint density at radius 1 is 0.900 bits per heavy atom. The van der Waals surface area contributed by atoms with E-state index in [1.807, 2.05) is 0 Å². The molecule has 0 amide bonds. The number of aromatic nitrogens is 1. The second-order valence-corrected chi connectivity index (χ2v) is 7.68. The summed E-state index contributed by atoms with van der Waals surface area (Å²) in [5.74, 6) is -0.121. The van der Waals surface area contributed by atoms with E-state index in [0.29, 0.717) is 11.1 Å². The van der Waals surface area contributed by atoms with Crippen LogP contribution in [0.4, 0.5) is 19.0 Å². The molecule has 160 valence electrons. The van der Waals surface area contributed by atoms with Crippen molar-refractivity contribution in [2.75, 3.05) is 5.73 Å². The molecule has 0 fully saturated rings. The summed E-state index contributed by atoms with van der Waals surface area (Å²) in [6.07, 6.45) is 5.90. The average molecular weight is 417 g/mol. The maximum absolute atomic E-state index is 12.5. The van der Waals surface area contributed by atoms with Gasteiger partial charge in [0.05, 0.1) is 0 Å². The van der Waals surface area contributed by atoms with Crippen LogP contribution >= 0.6 is 0 Å². The van der Waals surface area contributed by atoms with Crippen LogP contribution in [-0.4, -0.2) is 11.3 Å². The SMILES string of the molecule is N#Cc1c(N)nc2c(c1-c1ccc(OC(F)(F)F)cc1)CCCCCCCCCC2. The third-order valence-corrected chi connectivity index (χ3v) is 5.49. The molecule has 2 aromatic rings. The molecule has 7 heteroatoms. The Balaban J connectivity index is 2.04. The van der Waals surface area contributed by atoms with Crippen molar-refractivity contribution in [3.05, 3.63) is 41.1 Å². The van der Waals surface area contributed by atoms with E-state index >= 15 is 0 Å². The van der Waals surface area contributed by atoms with Gasteiger partial charge in [-0.2, -0.15) is 5.26 Å². The first-order chi connectivity index (χ1) is 14.4. The third kappa shape index (κ3) is 5.65. The minimum Gasteiger partial charge on any atom is -0.406 e. The smallest absolute Gasteiger partial charge is 0.406 e. The van der Waals surface area contributed by atoms with Crippen molar-refractivity contribution >= 4 is 5.82 Å². The molecule has 0 spiro atoms. The molecule has 3 rings (SSSR count). The van der Waals surface area contributed by atoms with Gasteiger partial charge in [-0.15, -0.1) is 13.2 Å². The van der Waals surface area contributed by atoms with Gasteiger partial charge in [-0.25, -0.2) is 4.98 Å². The zero-order chi connectivity index (χ0) is 21.6. The largest absolute Gasteiger partial charge is 0.573 e. The normalized spacial score (nSPS) is 15.9. The fourth-order valence-corrected chi connectivity index (χ4v) is 4.08. The Morgan fingerprint density at radius 3 is 2.03 bits per heavy atom. The van der Waals surface area contributed by atoms with Gasteiger partial charge < -0.3 is 10.5 Å². The average Bonchev–Trinajstić information content (AvgIpc) is 2.68. The number of ether oxygens (including phenoxy) is 1. The number of halogens is 3. The van der Waals surface area contributed by atoms with Gasteiger partial charge in [0.25, 0.3) is 0 Å². The summed E-state index contributed by atoms with van der Waals surface area (Å²) in [6.45, 7) is 0. The number of nitrogens with two attached hydrogens (primary N) is 1. The lowest BCUT2D eigenvalue weighted by atomic mass is 9.89. The second kappa shape index (κ2) is 9.84. The first-order valence-electron chi connectivity index (χ1n) is 10.5. The van der Waals surface area contributed by atoms with Gasteiger partial charge in [-0.1, -0.05) is 50.7 Å². The predicted molar refractivity (Wildman–Crippen MR) is 110 cm³/mol. The number of pyridine rings is 1. The number of rotatable bonds is 2. The minimum atomic E-state index is -4.75. The summed E-state index contributed by atoms with van der Waals surface area (Å²) in [7, 11) is 0.